The van der Waals surface area contributed by atoms with E-state index in [2.05, 4.69) is 172 Å². The molecule has 0 fully saturated rings. The fourth-order valence-corrected chi connectivity index (χ4v) is 0.877. The molecule has 0 rings (SSSR count). The van der Waals surface area contributed by atoms with Crippen molar-refractivity contribution < 1.29 is 0 Å². The largest absolute Gasteiger partial charge is 0.183 e. The minimum atomic E-state index is 1.62. The van der Waals surface area contributed by atoms with Crippen LogP contribution in [0.3, 0.4) is 0 Å². The smallest absolute Gasteiger partial charge is 0.153 e. The molecule has 0 aromatic carbocycles. The Hall–Kier alpha value is -7.11. The van der Waals surface area contributed by atoms with Crippen LogP contribution in [-0.4, -0.2) is 0 Å². The molecule has 0 aliphatic rings. The van der Waals surface area contributed by atoms with E-state index in [4.69, 9.17) is 11.7 Å². The Bertz CT molecular complexity index is 1610. The van der Waals surface area contributed by atoms with Gasteiger partial charge in [0.05, 0.1) is 0 Å². The van der Waals surface area contributed by atoms with E-state index in [9.17, 15) is 0 Å². The van der Waals surface area contributed by atoms with Gasteiger partial charge in [-0.2, -0.15) is 5.26 Å². The molecule has 0 radical (unpaired) electrons. The van der Waals surface area contributed by atoms with Crippen molar-refractivity contribution in [3.05, 3.63) is 0 Å². The van der Waals surface area contributed by atoms with Crippen molar-refractivity contribution >= 4 is 0 Å². The molecule has 0 aromatic rings. The van der Waals surface area contributed by atoms with Crippen LogP contribution >= 0.6 is 0 Å². The number of nitriles is 1. The van der Waals surface area contributed by atoms with E-state index in [0.717, 1.165) is 0 Å². The van der Waals surface area contributed by atoms with Crippen molar-refractivity contribution in [3.8, 4) is 184 Å². The van der Waals surface area contributed by atoms with Gasteiger partial charge in [0.15, 0.2) is 6.07 Å². The highest BCUT2D eigenvalue weighted by molar-refractivity contribution is 5.48. The second-order valence-corrected chi connectivity index (χ2v) is 3.76. The van der Waals surface area contributed by atoms with E-state index in [-0.39, 0.29) is 0 Å². The van der Waals surface area contributed by atoms with Gasteiger partial charge in [0, 0.05) is 124 Å². The van der Waals surface area contributed by atoms with Crippen LogP contribution in [0.4, 0.5) is 0 Å². The fraction of sp³-hybridized carbons (Fsp3) is 0. The number of terminal acetylenes is 1. The maximum Gasteiger partial charge on any atom is 0.153 e. The van der Waals surface area contributed by atoms with Crippen molar-refractivity contribution in [1.29, 1.82) is 5.26 Å². The van der Waals surface area contributed by atoms with Crippen molar-refractivity contribution in [2.45, 2.75) is 0 Å². The Kier molecular flexibility index (Phi) is 18.6. The normalized spacial score (nSPS) is 3.81. The molecule has 0 aromatic heterocycles. The van der Waals surface area contributed by atoms with E-state index >= 15 is 0 Å². The van der Waals surface area contributed by atoms with Gasteiger partial charge in [0.1, 0.15) is 0 Å². The first-order chi connectivity index (χ1) is 15.9. The lowest BCUT2D eigenvalue weighted by Crippen LogP contribution is -1.57. The Morgan fingerprint density at radius 1 is 0.250 bits per heavy atom. The Labute approximate surface area is 189 Å². The Morgan fingerprint density at radius 3 is 0.562 bits per heavy atom. The topological polar surface area (TPSA) is 23.8 Å². The van der Waals surface area contributed by atoms with Crippen LogP contribution in [0, 0.1) is 189 Å². The number of nitrogens with zero attached hydrogens (tertiary/aromatic N) is 1. The summed E-state index contributed by atoms with van der Waals surface area (Å²) in [6.07, 6.45) is 4.92. The van der Waals surface area contributed by atoms with E-state index in [0.29, 0.717) is 0 Å². The van der Waals surface area contributed by atoms with Crippen LogP contribution in [0.5, 0.6) is 0 Å². The van der Waals surface area contributed by atoms with Crippen LogP contribution < -0.4 is 0 Å². The van der Waals surface area contributed by atoms with Gasteiger partial charge < -0.3 is 0 Å². The predicted octanol–water partition coefficient (Wildman–Crippen LogP) is 0.191. The first kappa shape index (κ1) is 24.9. The summed E-state index contributed by atoms with van der Waals surface area (Å²) in [5.74, 6) is 70.3. The van der Waals surface area contributed by atoms with Crippen LogP contribution in [0.25, 0.3) is 0 Å². The quantitative estimate of drug-likeness (QED) is 0.545. The minimum Gasteiger partial charge on any atom is -0.183 e. The van der Waals surface area contributed by atoms with Gasteiger partial charge >= 0.3 is 0 Å². The minimum absolute atomic E-state index is 1.62. The summed E-state index contributed by atoms with van der Waals surface area (Å²) < 4.78 is 0. The maximum atomic E-state index is 8.15. The number of hydrogen-bond donors (Lipinski definition) is 0. The number of hydrogen-bond acceptors (Lipinski definition) is 1. The first-order valence-electron chi connectivity index (χ1n) is 7.76. The Morgan fingerprint density at radius 2 is 0.406 bits per heavy atom. The van der Waals surface area contributed by atoms with Gasteiger partial charge in [-0.15, -0.1) is 6.42 Å². The molecular weight excluding hydrogens is 386 g/mol. The number of rotatable bonds is 0. The summed E-state index contributed by atoms with van der Waals surface area (Å²) in [6.45, 7) is 0. The monoisotopic (exact) mass is 387 g/mol. The third-order valence-corrected chi connectivity index (χ3v) is 1.82. The van der Waals surface area contributed by atoms with E-state index < -0.39 is 0 Å². The second kappa shape index (κ2) is 23.9. The molecule has 0 N–H and O–H groups in total. The molecule has 32 heavy (non-hydrogen) atoms. The van der Waals surface area contributed by atoms with Crippen LogP contribution in [0.15, 0.2) is 0 Å². The van der Waals surface area contributed by atoms with E-state index in [1.165, 1.54) is 0 Å². The van der Waals surface area contributed by atoms with Gasteiger partial charge in [-0.25, -0.2) is 0 Å². The van der Waals surface area contributed by atoms with Crippen molar-refractivity contribution in [1.82, 2.24) is 0 Å². The molecule has 0 saturated carbocycles. The zero-order valence-electron chi connectivity index (χ0n) is 16.0. The molecule has 0 spiro atoms. The molecule has 0 bridgehead atoms. The summed E-state index contributed by atoms with van der Waals surface area (Å²) in [7, 11) is 0. The van der Waals surface area contributed by atoms with Gasteiger partial charge in [0.25, 0.3) is 0 Å². The molecule has 0 unspecified atom stereocenters. The SMILES string of the molecule is C#CC#CC#CC#CC#CC#CC#CC#CC#CC#CC#CC#CC#CC#CC#CC#N. The van der Waals surface area contributed by atoms with Crippen molar-refractivity contribution in [2.24, 2.45) is 0 Å². The highest BCUT2D eigenvalue weighted by Crippen LogP contribution is 1.60. The summed E-state index contributed by atoms with van der Waals surface area (Å²) in [4.78, 5) is 0. The molecule has 0 aliphatic carbocycles. The zero-order valence-corrected chi connectivity index (χ0v) is 16.0. The second-order valence-electron chi connectivity index (χ2n) is 3.76. The summed E-state index contributed by atoms with van der Waals surface area (Å²) in [6, 6.07) is 1.62. The molecule has 1 nitrogen and oxygen atoms in total. The highest BCUT2D eigenvalue weighted by Gasteiger charge is 1.60. The van der Waals surface area contributed by atoms with Gasteiger partial charge in [-0.1, -0.05) is 0 Å². The average Bonchev–Trinajstić information content (AvgIpc) is 2.81. The van der Waals surface area contributed by atoms with Gasteiger partial charge in [0.2, 0.25) is 0 Å². The summed E-state index contributed by atoms with van der Waals surface area (Å²) in [5.41, 5.74) is 0. The third kappa shape index (κ3) is 22.9. The van der Waals surface area contributed by atoms with Crippen molar-refractivity contribution in [3.63, 3.8) is 0 Å². The lowest BCUT2D eigenvalue weighted by Gasteiger charge is -1.57. The van der Waals surface area contributed by atoms with E-state index in [1.54, 1.807) is 6.07 Å². The maximum absolute atomic E-state index is 8.15. The zero-order chi connectivity index (χ0) is 23.2. The molecule has 0 heterocycles. The molecular formula is C31HN. The average molecular weight is 387 g/mol. The van der Waals surface area contributed by atoms with Crippen LogP contribution in [0.2, 0.25) is 0 Å². The lowest BCUT2D eigenvalue weighted by atomic mass is 10.4. The summed E-state index contributed by atoms with van der Waals surface area (Å²) >= 11 is 0. The molecule has 1 heteroatoms. The van der Waals surface area contributed by atoms with Crippen LogP contribution in [0.1, 0.15) is 0 Å². The first-order valence-corrected chi connectivity index (χ1v) is 7.76. The molecule has 0 atom stereocenters. The standard InChI is InChI=1S/C31HN/c1-2-3-4-5-6-7-8-9-10-11-12-13-14-15-16-17-18-19-20-21-22-23-24-25-26-27-28-29-30-31-32/h1H. The summed E-state index contributed by atoms with van der Waals surface area (Å²) in [5, 5.41) is 8.15. The highest BCUT2D eigenvalue weighted by atomic mass is 14.2. The van der Waals surface area contributed by atoms with Gasteiger partial charge in [-0.05, 0) is 47.4 Å². The van der Waals surface area contributed by atoms with Crippen LogP contribution in [-0.2, 0) is 0 Å². The Balaban J connectivity index is 4.48. The third-order valence-electron chi connectivity index (χ3n) is 1.82. The molecule has 130 valence electrons. The molecule has 0 amide bonds. The van der Waals surface area contributed by atoms with Crippen molar-refractivity contribution in [2.75, 3.05) is 0 Å². The fourth-order valence-electron chi connectivity index (χ4n) is 0.877. The van der Waals surface area contributed by atoms with E-state index in [1.807, 2.05) is 0 Å². The lowest BCUT2D eigenvalue weighted by molar-refractivity contribution is 1.55. The molecule has 0 aliphatic heterocycles. The predicted molar refractivity (Wildman–Crippen MR) is 123 cm³/mol. The molecule has 0 saturated heterocycles. The van der Waals surface area contributed by atoms with Gasteiger partial charge in [-0.3, -0.25) is 0 Å².